The number of hydrogen-bond donors (Lipinski definition) is 2. The predicted molar refractivity (Wildman–Crippen MR) is 83.1 cm³/mol. The zero-order valence-electron chi connectivity index (χ0n) is 11.1. The summed E-state index contributed by atoms with van der Waals surface area (Å²) in [5.41, 5.74) is 1.84. The molecule has 0 bridgehead atoms. The van der Waals surface area contributed by atoms with Crippen molar-refractivity contribution in [3.05, 3.63) is 43.8 Å². The monoisotopic (exact) mass is 305 g/mol. The first-order chi connectivity index (χ1) is 9.70. The van der Waals surface area contributed by atoms with Crippen molar-refractivity contribution in [3.8, 4) is 11.8 Å². The fraction of sp³-hybridized carbons (Fsp3) is 0.267. The van der Waals surface area contributed by atoms with Gasteiger partial charge in [-0.1, -0.05) is 11.8 Å². The maximum absolute atomic E-state index is 12.0. The summed E-state index contributed by atoms with van der Waals surface area (Å²) in [5, 5.41) is 15.4. The fourth-order valence-electron chi connectivity index (χ4n) is 1.57. The summed E-state index contributed by atoms with van der Waals surface area (Å²) in [4.78, 5) is 14.0. The van der Waals surface area contributed by atoms with Crippen LogP contribution in [-0.4, -0.2) is 17.6 Å². The molecule has 1 amide bonds. The highest BCUT2D eigenvalue weighted by molar-refractivity contribution is 7.11. The lowest BCUT2D eigenvalue weighted by atomic mass is 10.2. The van der Waals surface area contributed by atoms with E-state index < -0.39 is 0 Å². The van der Waals surface area contributed by atoms with Crippen LogP contribution in [0.3, 0.4) is 0 Å². The molecule has 2 aromatic rings. The van der Waals surface area contributed by atoms with E-state index in [0.717, 1.165) is 4.88 Å². The van der Waals surface area contributed by atoms with Crippen LogP contribution in [0.1, 0.15) is 32.1 Å². The van der Waals surface area contributed by atoms with Crippen molar-refractivity contribution < 1.29 is 9.90 Å². The lowest BCUT2D eigenvalue weighted by Gasteiger charge is -2.02. The fourth-order valence-corrected chi connectivity index (χ4v) is 3.18. The van der Waals surface area contributed by atoms with Gasteiger partial charge in [0.2, 0.25) is 0 Å². The topological polar surface area (TPSA) is 49.3 Å². The molecule has 0 radical (unpaired) electrons. The van der Waals surface area contributed by atoms with Crippen LogP contribution in [-0.2, 0) is 6.54 Å². The SMILES string of the molecule is Cc1ccsc1CNC(=O)c1csc(C#CCCO)c1. The lowest BCUT2D eigenvalue weighted by molar-refractivity contribution is 0.0951. The molecular formula is C15H15NO2S2. The van der Waals surface area contributed by atoms with Gasteiger partial charge in [0, 0.05) is 16.7 Å². The molecule has 3 nitrogen and oxygen atoms in total. The Morgan fingerprint density at radius 3 is 3.00 bits per heavy atom. The Bertz CT molecular complexity index is 646. The molecule has 0 atom stereocenters. The van der Waals surface area contributed by atoms with Crippen LogP contribution in [0.15, 0.2) is 22.9 Å². The first kappa shape index (κ1) is 14.8. The molecule has 2 aromatic heterocycles. The van der Waals surface area contributed by atoms with Crippen molar-refractivity contribution in [2.24, 2.45) is 0 Å². The van der Waals surface area contributed by atoms with Crippen molar-refractivity contribution in [1.82, 2.24) is 5.32 Å². The maximum Gasteiger partial charge on any atom is 0.252 e. The van der Waals surface area contributed by atoms with Gasteiger partial charge in [0.25, 0.3) is 5.91 Å². The van der Waals surface area contributed by atoms with Crippen molar-refractivity contribution >= 4 is 28.6 Å². The molecule has 0 aliphatic rings. The van der Waals surface area contributed by atoms with Crippen molar-refractivity contribution in [2.45, 2.75) is 19.9 Å². The van der Waals surface area contributed by atoms with Gasteiger partial charge < -0.3 is 10.4 Å². The van der Waals surface area contributed by atoms with Gasteiger partial charge in [-0.05, 0) is 30.0 Å². The van der Waals surface area contributed by atoms with Gasteiger partial charge in [0.05, 0.1) is 23.6 Å². The van der Waals surface area contributed by atoms with E-state index in [2.05, 4.69) is 17.2 Å². The second-order valence-electron chi connectivity index (χ2n) is 4.18. The maximum atomic E-state index is 12.0. The normalized spacial score (nSPS) is 9.90. The molecule has 2 heterocycles. The van der Waals surface area contributed by atoms with Gasteiger partial charge in [-0.15, -0.1) is 22.7 Å². The van der Waals surface area contributed by atoms with Crippen molar-refractivity contribution in [2.75, 3.05) is 6.61 Å². The Kier molecular flexibility index (Phi) is 5.36. The highest BCUT2D eigenvalue weighted by Gasteiger charge is 2.08. The van der Waals surface area contributed by atoms with E-state index in [4.69, 9.17) is 5.11 Å². The summed E-state index contributed by atoms with van der Waals surface area (Å²) in [6, 6.07) is 3.83. The number of thiophene rings is 2. The molecule has 0 spiro atoms. The number of aryl methyl sites for hydroxylation is 1. The molecule has 0 saturated carbocycles. The molecular weight excluding hydrogens is 290 g/mol. The van der Waals surface area contributed by atoms with E-state index in [1.165, 1.54) is 21.8 Å². The van der Waals surface area contributed by atoms with Gasteiger partial charge in [0.1, 0.15) is 0 Å². The molecule has 0 fully saturated rings. The van der Waals surface area contributed by atoms with E-state index in [0.29, 0.717) is 18.5 Å². The van der Waals surface area contributed by atoms with E-state index in [1.807, 2.05) is 18.4 Å². The van der Waals surface area contributed by atoms with Crippen LogP contribution < -0.4 is 5.32 Å². The standard InChI is InChI=1S/C15H15NO2S2/c1-11-5-7-19-14(11)9-16-15(18)12-8-13(20-10-12)4-2-3-6-17/h5,7-8,10,17H,3,6,9H2,1H3,(H,16,18). The smallest absolute Gasteiger partial charge is 0.252 e. The highest BCUT2D eigenvalue weighted by atomic mass is 32.1. The number of carbonyl (C=O) groups is 1. The van der Waals surface area contributed by atoms with Gasteiger partial charge in [0.15, 0.2) is 0 Å². The average Bonchev–Trinajstić information content (AvgIpc) is 3.06. The van der Waals surface area contributed by atoms with E-state index >= 15 is 0 Å². The number of amides is 1. The number of rotatable bonds is 4. The quantitative estimate of drug-likeness (QED) is 0.853. The number of nitrogens with one attached hydrogen (secondary N) is 1. The van der Waals surface area contributed by atoms with E-state index in [1.54, 1.807) is 22.8 Å². The summed E-state index contributed by atoms with van der Waals surface area (Å²) >= 11 is 3.09. The van der Waals surface area contributed by atoms with Crippen LogP contribution in [0.25, 0.3) is 0 Å². The van der Waals surface area contributed by atoms with Crippen molar-refractivity contribution in [3.63, 3.8) is 0 Å². The Hall–Kier alpha value is -1.61. The Balaban J connectivity index is 1.93. The number of carbonyl (C=O) groups excluding carboxylic acids is 1. The van der Waals surface area contributed by atoms with Gasteiger partial charge in [-0.2, -0.15) is 0 Å². The molecule has 0 saturated heterocycles. The summed E-state index contributed by atoms with van der Waals surface area (Å²) in [5.74, 6) is 5.70. The first-order valence-corrected chi connectivity index (χ1v) is 7.96. The number of aliphatic hydroxyl groups is 1. The number of hydrogen-bond acceptors (Lipinski definition) is 4. The molecule has 0 aromatic carbocycles. The first-order valence-electron chi connectivity index (χ1n) is 6.20. The average molecular weight is 305 g/mol. The summed E-state index contributed by atoms with van der Waals surface area (Å²) in [6.45, 7) is 2.66. The Labute approximate surface area is 126 Å². The van der Waals surface area contributed by atoms with Crippen LogP contribution in [0.4, 0.5) is 0 Å². The molecule has 104 valence electrons. The second-order valence-corrected chi connectivity index (χ2v) is 6.10. The minimum atomic E-state index is -0.0794. The van der Waals surface area contributed by atoms with Crippen molar-refractivity contribution in [1.29, 1.82) is 0 Å². The zero-order chi connectivity index (χ0) is 14.4. The van der Waals surface area contributed by atoms with Crippen LogP contribution in [0.5, 0.6) is 0 Å². The third-order valence-electron chi connectivity index (χ3n) is 2.69. The summed E-state index contributed by atoms with van der Waals surface area (Å²) < 4.78 is 0. The summed E-state index contributed by atoms with van der Waals surface area (Å²) in [6.07, 6.45) is 0.455. The van der Waals surface area contributed by atoms with Gasteiger partial charge >= 0.3 is 0 Å². The molecule has 2 N–H and O–H groups in total. The lowest BCUT2D eigenvalue weighted by Crippen LogP contribution is -2.22. The zero-order valence-corrected chi connectivity index (χ0v) is 12.7. The number of aliphatic hydroxyl groups excluding tert-OH is 1. The second kappa shape index (κ2) is 7.25. The predicted octanol–water partition coefficient (Wildman–Crippen LogP) is 2.78. The minimum Gasteiger partial charge on any atom is -0.395 e. The molecule has 2 rings (SSSR count). The van der Waals surface area contributed by atoms with Crippen LogP contribution in [0, 0.1) is 18.8 Å². The third-order valence-corrected chi connectivity index (χ3v) is 4.56. The van der Waals surface area contributed by atoms with Gasteiger partial charge in [-0.25, -0.2) is 0 Å². The molecule has 0 aliphatic heterocycles. The van der Waals surface area contributed by atoms with E-state index in [9.17, 15) is 4.79 Å². The summed E-state index contributed by atoms with van der Waals surface area (Å²) in [7, 11) is 0. The molecule has 0 unspecified atom stereocenters. The Morgan fingerprint density at radius 1 is 1.45 bits per heavy atom. The molecule has 5 heteroatoms. The largest absolute Gasteiger partial charge is 0.395 e. The minimum absolute atomic E-state index is 0.0614. The highest BCUT2D eigenvalue weighted by Crippen LogP contribution is 2.16. The Morgan fingerprint density at radius 2 is 2.30 bits per heavy atom. The molecule has 0 aliphatic carbocycles. The third kappa shape index (κ3) is 3.94. The van der Waals surface area contributed by atoms with Crippen LogP contribution in [0.2, 0.25) is 0 Å². The van der Waals surface area contributed by atoms with Crippen LogP contribution >= 0.6 is 22.7 Å². The molecule has 20 heavy (non-hydrogen) atoms. The van der Waals surface area contributed by atoms with Gasteiger partial charge in [-0.3, -0.25) is 4.79 Å². The van der Waals surface area contributed by atoms with E-state index in [-0.39, 0.29) is 12.5 Å².